The van der Waals surface area contributed by atoms with Crippen molar-refractivity contribution in [3.8, 4) is 0 Å². The summed E-state index contributed by atoms with van der Waals surface area (Å²) in [6.07, 6.45) is 1.76. The van der Waals surface area contributed by atoms with Gasteiger partial charge in [-0.2, -0.15) is 0 Å². The molecule has 1 heterocycles. The third kappa shape index (κ3) is 3.47. The van der Waals surface area contributed by atoms with E-state index in [0.29, 0.717) is 12.5 Å². The number of carbonyl (C=O) groups excluding carboxylic acids is 1. The lowest BCUT2D eigenvalue weighted by Crippen LogP contribution is -2.44. The molecule has 1 fully saturated rings. The van der Waals surface area contributed by atoms with Crippen LogP contribution in [-0.4, -0.2) is 43.2 Å². The molecule has 1 aliphatic rings. The molecule has 0 aromatic heterocycles. The minimum atomic E-state index is -0.301. The summed E-state index contributed by atoms with van der Waals surface area (Å²) in [5.41, 5.74) is 5.60. The predicted molar refractivity (Wildman–Crippen MR) is 59.4 cm³/mol. The Labute approximate surface area is 91.8 Å². The summed E-state index contributed by atoms with van der Waals surface area (Å²) in [7, 11) is 0. The highest BCUT2D eigenvalue weighted by atomic mass is 16.5. The lowest BCUT2D eigenvalue weighted by Gasteiger charge is -2.32. The monoisotopic (exact) mass is 214 g/mol. The fraction of sp³-hybridized carbons (Fsp3) is 0.909. The molecular weight excluding hydrogens is 192 g/mol. The van der Waals surface area contributed by atoms with Crippen LogP contribution in [0.1, 0.15) is 26.7 Å². The molecule has 1 aliphatic heterocycles. The van der Waals surface area contributed by atoms with Gasteiger partial charge in [0.25, 0.3) is 5.91 Å². The highest BCUT2D eigenvalue weighted by Crippen LogP contribution is 2.16. The Hall–Kier alpha value is -0.610. The van der Waals surface area contributed by atoms with E-state index < -0.39 is 0 Å². The van der Waals surface area contributed by atoms with Gasteiger partial charge >= 0.3 is 0 Å². The van der Waals surface area contributed by atoms with Gasteiger partial charge in [0.15, 0.2) is 0 Å². The Bertz CT molecular complexity index is 201. The van der Waals surface area contributed by atoms with Crippen molar-refractivity contribution >= 4 is 5.91 Å². The van der Waals surface area contributed by atoms with Gasteiger partial charge in [-0.25, -0.2) is 0 Å². The summed E-state index contributed by atoms with van der Waals surface area (Å²) < 4.78 is 5.29. The van der Waals surface area contributed by atoms with Gasteiger partial charge in [-0.1, -0.05) is 0 Å². The van der Waals surface area contributed by atoms with Crippen LogP contribution in [-0.2, 0) is 9.53 Å². The highest BCUT2D eigenvalue weighted by molar-refractivity contribution is 5.80. The molecule has 0 spiro atoms. The molecule has 0 radical (unpaired) electrons. The first-order chi connectivity index (χ1) is 7.19. The second kappa shape index (κ2) is 6.08. The van der Waals surface area contributed by atoms with E-state index >= 15 is 0 Å². The van der Waals surface area contributed by atoms with Crippen molar-refractivity contribution in [2.24, 2.45) is 11.7 Å². The van der Waals surface area contributed by atoms with E-state index in [0.717, 1.165) is 32.5 Å². The van der Waals surface area contributed by atoms with Gasteiger partial charge in [-0.3, -0.25) is 4.79 Å². The molecule has 0 bridgehead atoms. The number of rotatable bonds is 4. The Kier molecular flexibility index (Phi) is 5.05. The Morgan fingerprint density at radius 3 is 2.60 bits per heavy atom. The average Bonchev–Trinajstić information content (AvgIpc) is 2.28. The molecule has 4 nitrogen and oxygen atoms in total. The van der Waals surface area contributed by atoms with Crippen molar-refractivity contribution in [2.45, 2.75) is 32.8 Å². The summed E-state index contributed by atoms with van der Waals surface area (Å²) >= 11 is 0. The second-order valence-electron chi connectivity index (χ2n) is 4.10. The Balaban J connectivity index is 2.35. The van der Waals surface area contributed by atoms with Gasteiger partial charge in [0.1, 0.15) is 6.10 Å². The average molecular weight is 214 g/mol. The molecule has 1 atom stereocenters. The van der Waals surface area contributed by atoms with Gasteiger partial charge < -0.3 is 15.4 Å². The number of ether oxygens (including phenoxy) is 1. The van der Waals surface area contributed by atoms with Crippen molar-refractivity contribution in [3.05, 3.63) is 0 Å². The Morgan fingerprint density at radius 2 is 2.13 bits per heavy atom. The molecule has 0 aromatic carbocycles. The van der Waals surface area contributed by atoms with E-state index in [-0.39, 0.29) is 12.0 Å². The number of carbonyl (C=O) groups is 1. The van der Waals surface area contributed by atoms with Crippen molar-refractivity contribution in [2.75, 3.05) is 26.2 Å². The minimum Gasteiger partial charge on any atom is -0.369 e. The summed E-state index contributed by atoms with van der Waals surface area (Å²) in [6.45, 7) is 6.72. The molecule has 4 heteroatoms. The smallest absolute Gasteiger partial charge is 0.251 e. The van der Waals surface area contributed by atoms with E-state index in [1.807, 2.05) is 18.7 Å². The Morgan fingerprint density at radius 1 is 1.53 bits per heavy atom. The van der Waals surface area contributed by atoms with Crippen LogP contribution in [0, 0.1) is 5.92 Å². The second-order valence-corrected chi connectivity index (χ2v) is 4.10. The maximum absolute atomic E-state index is 11.9. The number of hydrogen-bond acceptors (Lipinski definition) is 3. The van der Waals surface area contributed by atoms with Crippen LogP contribution >= 0.6 is 0 Å². The normalized spacial score (nSPS) is 20.3. The van der Waals surface area contributed by atoms with E-state index in [2.05, 4.69) is 0 Å². The maximum atomic E-state index is 11.9. The fourth-order valence-electron chi connectivity index (χ4n) is 1.97. The molecular formula is C11H22N2O2. The summed E-state index contributed by atoms with van der Waals surface area (Å²) in [5.74, 6) is 0.712. The molecule has 0 aliphatic carbocycles. The molecule has 2 N–H and O–H groups in total. The third-order valence-corrected chi connectivity index (χ3v) is 3.02. The summed E-state index contributed by atoms with van der Waals surface area (Å²) in [6, 6.07) is 0. The zero-order valence-corrected chi connectivity index (χ0v) is 9.74. The van der Waals surface area contributed by atoms with Crippen molar-refractivity contribution in [3.63, 3.8) is 0 Å². The van der Waals surface area contributed by atoms with E-state index in [1.165, 1.54) is 0 Å². The van der Waals surface area contributed by atoms with Crippen LogP contribution in [0.3, 0.4) is 0 Å². The van der Waals surface area contributed by atoms with Crippen LogP contribution in [0.25, 0.3) is 0 Å². The number of hydrogen-bond donors (Lipinski definition) is 1. The van der Waals surface area contributed by atoms with Crippen LogP contribution in [0.2, 0.25) is 0 Å². The van der Waals surface area contributed by atoms with Crippen molar-refractivity contribution in [1.82, 2.24) is 4.90 Å². The standard InChI is InChI=1S/C11H22N2O2/c1-3-15-9(2)11(14)13-6-4-10(8-12)5-7-13/h9-10H,3-8,12H2,1-2H3. The first kappa shape index (κ1) is 12.5. The number of amides is 1. The molecule has 0 aromatic rings. The first-order valence-corrected chi connectivity index (χ1v) is 5.79. The van der Waals surface area contributed by atoms with E-state index in [4.69, 9.17) is 10.5 Å². The fourth-order valence-corrected chi connectivity index (χ4v) is 1.97. The van der Waals surface area contributed by atoms with Crippen molar-refractivity contribution in [1.29, 1.82) is 0 Å². The number of nitrogens with zero attached hydrogens (tertiary/aromatic N) is 1. The molecule has 1 rings (SSSR count). The minimum absolute atomic E-state index is 0.118. The van der Waals surface area contributed by atoms with Crippen LogP contribution in [0.5, 0.6) is 0 Å². The first-order valence-electron chi connectivity index (χ1n) is 5.79. The highest BCUT2D eigenvalue weighted by Gasteiger charge is 2.25. The molecule has 88 valence electrons. The summed E-state index contributed by atoms with van der Waals surface area (Å²) in [5, 5.41) is 0. The topological polar surface area (TPSA) is 55.6 Å². The molecule has 1 unspecified atom stereocenters. The number of nitrogens with two attached hydrogens (primary N) is 1. The lowest BCUT2D eigenvalue weighted by atomic mass is 9.97. The third-order valence-electron chi connectivity index (χ3n) is 3.02. The zero-order chi connectivity index (χ0) is 11.3. The van der Waals surface area contributed by atoms with Crippen LogP contribution in [0.4, 0.5) is 0 Å². The van der Waals surface area contributed by atoms with E-state index in [9.17, 15) is 4.79 Å². The predicted octanol–water partition coefficient (Wildman–Crippen LogP) is 0.609. The molecule has 15 heavy (non-hydrogen) atoms. The van der Waals surface area contributed by atoms with Crippen molar-refractivity contribution < 1.29 is 9.53 Å². The van der Waals surface area contributed by atoms with Gasteiger partial charge in [0.2, 0.25) is 0 Å². The quantitative estimate of drug-likeness (QED) is 0.746. The maximum Gasteiger partial charge on any atom is 0.251 e. The number of piperidine rings is 1. The largest absolute Gasteiger partial charge is 0.369 e. The molecule has 1 amide bonds. The SMILES string of the molecule is CCOC(C)C(=O)N1CCC(CN)CC1. The molecule has 0 saturated carbocycles. The van der Waals surface area contributed by atoms with Crippen LogP contribution in [0.15, 0.2) is 0 Å². The summed E-state index contributed by atoms with van der Waals surface area (Å²) in [4.78, 5) is 13.7. The van der Waals surface area contributed by atoms with E-state index in [1.54, 1.807) is 0 Å². The number of likely N-dealkylation sites (tertiary alicyclic amines) is 1. The zero-order valence-electron chi connectivity index (χ0n) is 9.74. The van der Waals surface area contributed by atoms with Gasteiger partial charge in [-0.05, 0) is 39.2 Å². The van der Waals surface area contributed by atoms with Gasteiger partial charge in [0.05, 0.1) is 0 Å². The lowest BCUT2D eigenvalue weighted by molar-refractivity contribution is -0.143. The van der Waals surface area contributed by atoms with Gasteiger partial charge in [0, 0.05) is 19.7 Å². The molecule has 1 saturated heterocycles. The van der Waals surface area contributed by atoms with Crippen LogP contribution < -0.4 is 5.73 Å². The van der Waals surface area contributed by atoms with Gasteiger partial charge in [-0.15, -0.1) is 0 Å².